The quantitative estimate of drug-likeness (QED) is 0.754. The standard InChI is InChI=1S/C7H8BrNO/c8-5-1-2-10-7(5)4-3-6(4)9/h1-2,4,6H,3,9H2. The molecule has 10 heavy (non-hydrogen) atoms. The summed E-state index contributed by atoms with van der Waals surface area (Å²) in [5, 5.41) is 0. The van der Waals surface area contributed by atoms with Crippen molar-refractivity contribution in [2.45, 2.75) is 18.4 Å². The van der Waals surface area contributed by atoms with Crippen molar-refractivity contribution in [1.82, 2.24) is 0 Å². The zero-order valence-electron chi connectivity index (χ0n) is 5.38. The second-order valence-corrected chi connectivity index (χ2v) is 3.49. The lowest BCUT2D eigenvalue weighted by atomic mass is 10.3. The van der Waals surface area contributed by atoms with Gasteiger partial charge in [0.1, 0.15) is 5.76 Å². The summed E-state index contributed by atoms with van der Waals surface area (Å²) < 4.78 is 6.28. The van der Waals surface area contributed by atoms with Crippen LogP contribution in [0.5, 0.6) is 0 Å². The molecule has 2 nitrogen and oxygen atoms in total. The molecule has 1 fully saturated rings. The molecule has 0 aliphatic heterocycles. The SMILES string of the molecule is NC1CC1c1occc1Br. The number of nitrogens with two attached hydrogens (primary N) is 1. The second-order valence-electron chi connectivity index (χ2n) is 2.64. The van der Waals surface area contributed by atoms with E-state index in [9.17, 15) is 0 Å². The van der Waals surface area contributed by atoms with Crippen molar-refractivity contribution in [3.63, 3.8) is 0 Å². The van der Waals surface area contributed by atoms with E-state index < -0.39 is 0 Å². The molecule has 2 unspecified atom stereocenters. The van der Waals surface area contributed by atoms with Gasteiger partial charge in [0, 0.05) is 12.0 Å². The third-order valence-electron chi connectivity index (χ3n) is 1.82. The molecule has 0 saturated heterocycles. The summed E-state index contributed by atoms with van der Waals surface area (Å²) in [4.78, 5) is 0. The van der Waals surface area contributed by atoms with E-state index in [-0.39, 0.29) is 0 Å². The fourth-order valence-corrected chi connectivity index (χ4v) is 1.58. The van der Waals surface area contributed by atoms with Crippen LogP contribution in [-0.4, -0.2) is 6.04 Å². The Morgan fingerprint density at radius 3 is 2.80 bits per heavy atom. The molecular weight excluding hydrogens is 194 g/mol. The van der Waals surface area contributed by atoms with Gasteiger partial charge in [0.05, 0.1) is 10.7 Å². The molecule has 3 heteroatoms. The summed E-state index contributed by atoms with van der Waals surface area (Å²) in [5.74, 6) is 1.47. The van der Waals surface area contributed by atoms with Crippen LogP contribution in [-0.2, 0) is 0 Å². The van der Waals surface area contributed by atoms with Crippen LogP contribution in [0.15, 0.2) is 21.2 Å². The molecule has 1 saturated carbocycles. The summed E-state index contributed by atoms with van der Waals surface area (Å²) in [6.07, 6.45) is 2.75. The third-order valence-corrected chi connectivity index (χ3v) is 2.48. The van der Waals surface area contributed by atoms with Gasteiger partial charge in [-0.25, -0.2) is 0 Å². The molecule has 0 radical (unpaired) electrons. The zero-order valence-corrected chi connectivity index (χ0v) is 6.97. The predicted octanol–water partition coefficient (Wildman–Crippen LogP) is 1.86. The van der Waals surface area contributed by atoms with E-state index in [2.05, 4.69) is 15.9 Å². The van der Waals surface area contributed by atoms with Crippen LogP contribution in [0.4, 0.5) is 0 Å². The molecule has 0 aromatic carbocycles. The summed E-state index contributed by atoms with van der Waals surface area (Å²) >= 11 is 3.39. The number of furan rings is 1. The Labute approximate surface area is 67.5 Å². The van der Waals surface area contributed by atoms with Gasteiger partial charge in [-0.1, -0.05) is 0 Å². The monoisotopic (exact) mass is 201 g/mol. The van der Waals surface area contributed by atoms with Crippen molar-refractivity contribution in [2.24, 2.45) is 5.73 Å². The van der Waals surface area contributed by atoms with Crippen molar-refractivity contribution in [2.75, 3.05) is 0 Å². The summed E-state index contributed by atoms with van der Waals surface area (Å²) in [6, 6.07) is 2.22. The van der Waals surface area contributed by atoms with Crippen molar-refractivity contribution < 1.29 is 4.42 Å². The minimum Gasteiger partial charge on any atom is -0.468 e. The molecule has 2 N–H and O–H groups in total. The molecule has 0 amide bonds. The topological polar surface area (TPSA) is 39.2 Å². The fraction of sp³-hybridized carbons (Fsp3) is 0.429. The molecule has 1 aromatic heterocycles. The van der Waals surface area contributed by atoms with Gasteiger partial charge in [0.25, 0.3) is 0 Å². The lowest BCUT2D eigenvalue weighted by Gasteiger charge is -1.90. The first-order chi connectivity index (χ1) is 4.79. The van der Waals surface area contributed by atoms with Gasteiger partial charge in [-0.15, -0.1) is 0 Å². The van der Waals surface area contributed by atoms with Crippen LogP contribution in [0.25, 0.3) is 0 Å². The minimum atomic E-state index is 0.322. The van der Waals surface area contributed by atoms with Crippen molar-refractivity contribution in [1.29, 1.82) is 0 Å². The van der Waals surface area contributed by atoms with E-state index >= 15 is 0 Å². The average molecular weight is 202 g/mol. The highest BCUT2D eigenvalue weighted by molar-refractivity contribution is 9.10. The van der Waals surface area contributed by atoms with E-state index in [4.69, 9.17) is 10.2 Å². The van der Waals surface area contributed by atoms with E-state index in [1.165, 1.54) is 0 Å². The predicted molar refractivity (Wildman–Crippen MR) is 41.7 cm³/mol. The second kappa shape index (κ2) is 2.10. The van der Waals surface area contributed by atoms with Crippen molar-refractivity contribution >= 4 is 15.9 Å². The van der Waals surface area contributed by atoms with Crippen LogP contribution in [0.1, 0.15) is 18.1 Å². The molecule has 54 valence electrons. The number of halogens is 1. The van der Waals surface area contributed by atoms with Gasteiger partial charge in [-0.05, 0) is 28.4 Å². The first kappa shape index (κ1) is 6.43. The fourth-order valence-electron chi connectivity index (χ4n) is 1.09. The maximum atomic E-state index is 5.65. The van der Waals surface area contributed by atoms with Crippen LogP contribution >= 0.6 is 15.9 Å². The van der Waals surface area contributed by atoms with Gasteiger partial charge in [0.2, 0.25) is 0 Å². The molecule has 0 spiro atoms. The van der Waals surface area contributed by atoms with Gasteiger partial charge < -0.3 is 10.2 Å². The van der Waals surface area contributed by atoms with E-state index in [1.54, 1.807) is 6.26 Å². The van der Waals surface area contributed by atoms with Gasteiger partial charge in [0.15, 0.2) is 0 Å². The maximum Gasteiger partial charge on any atom is 0.122 e. The van der Waals surface area contributed by atoms with E-state index in [0.29, 0.717) is 12.0 Å². The molecule has 0 bridgehead atoms. The lowest BCUT2D eigenvalue weighted by molar-refractivity contribution is 0.507. The maximum absolute atomic E-state index is 5.65. The Bertz CT molecular complexity index is 246. The van der Waals surface area contributed by atoms with Crippen LogP contribution in [0.3, 0.4) is 0 Å². The van der Waals surface area contributed by atoms with E-state index in [0.717, 1.165) is 16.7 Å². The Morgan fingerprint density at radius 2 is 2.40 bits per heavy atom. The summed E-state index contributed by atoms with van der Waals surface area (Å²) in [7, 11) is 0. The highest BCUT2D eigenvalue weighted by Gasteiger charge is 2.38. The van der Waals surface area contributed by atoms with Crippen molar-refractivity contribution in [3.05, 3.63) is 22.6 Å². The smallest absolute Gasteiger partial charge is 0.122 e. The van der Waals surface area contributed by atoms with Crippen LogP contribution in [0.2, 0.25) is 0 Å². The minimum absolute atomic E-state index is 0.322. The number of hydrogen-bond donors (Lipinski definition) is 1. The molecule has 2 atom stereocenters. The Hall–Kier alpha value is -0.280. The highest BCUT2D eigenvalue weighted by atomic mass is 79.9. The zero-order chi connectivity index (χ0) is 7.14. The van der Waals surface area contributed by atoms with E-state index in [1.807, 2.05) is 6.07 Å². The first-order valence-electron chi connectivity index (χ1n) is 3.27. The van der Waals surface area contributed by atoms with Gasteiger partial charge in [-0.3, -0.25) is 0 Å². The van der Waals surface area contributed by atoms with Gasteiger partial charge >= 0.3 is 0 Å². The number of hydrogen-bond acceptors (Lipinski definition) is 2. The van der Waals surface area contributed by atoms with Crippen molar-refractivity contribution in [3.8, 4) is 0 Å². The highest BCUT2D eigenvalue weighted by Crippen LogP contribution is 2.42. The molecule has 1 heterocycles. The average Bonchev–Trinajstić information content (AvgIpc) is 2.42. The molecule has 1 aliphatic rings. The largest absolute Gasteiger partial charge is 0.468 e. The van der Waals surface area contributed by atoms with Crippen LogP contribution < -0.4 is 5.73 Å². The molecular formula is C7H8BrNO. The number of rotatable bonds is 1. The Balaban J connectivity index is 2.26. The first-order valence-corrected chi connectivity index (χ1v) is 4.07. The summed E-state index contributed by atoms with van der Waals surface area (Å²) in [6.45, 7) is 0. The molecule has 1 aliphatic carbocycles. The molecule has 2 rings (SSSR count). The Morgan fingerprint density at radius 1 is 1.70 bits per heavy atom. The van der Waals surface area contributed by atoms with Gasteiger partial charge in [-0.2, -0.15) is 0 Å². The van der Waals surface area contributed by atoms with Crippen LogP contribution in [0, 0.1) is 0 Å². The normalized spacial score (nSPS) is 30.6. The summed E-state index contributed by atoms with van der Waals surface area (Å²) in [5.41, 5.74) is 5.65. The Kier molecular flexibility index (Phi) is 1.35. The molecule has 1 aromatic rings. The lowest BCUT2D eigenvalue weighted by Crippen LogP contribution is -2.00. The third kappa shape index (κ3) is 0.896.